The van der Waals surface area contributed by atoms with E-state index in [9.17, 15) is 50.8 Å². The van der Waals surface area contributed by atoms with Crippen molar-refractivity contribution < 1.29 is 64.6 Å². The first-order valence-corrected chi connectivity index (χ1v) is 12.7. The summed E-state index contributed by atoms with van der Waals surface area (Å²) in [6.45, 7) is 0.884. The lowest BCUT2D eigenvalue weighted by Crippen LogP contribution is -2.59. The molecule has 0 saturated carbocycles. The van der Waals surface area contributed by atoms with E-state index in [1.54, 1.807) is 0 Å². The Bertz CT molecular complexity index is 1460. The molecule has 10 atom stereocenters. The Morgan fingerprint density at radius 3 is 2.12 bits per heavy atom. The molecule has 2 aliphatic heterocycles. The smallest absolute Gasteiger partial charge is 0.197 e. The number of ether oxygens (including phenoxy) is 3. The topological polar surface area (TPSA) is 240 Å². The molecule has 0 amide bonds. The number of aromatic hydroxyl groups is 3. The lowest BCUT2D eigenvalue weighted by molar-refractivity contribution is -0.308. The van der Waals surface area contributed by atoms with Gasteiger partial charge in [0.15, 0.2) is 17.3 Å². The van der Waals surface area contributed by atoms with Gasteiger partial charge in [0.25, 0.3) is 0 Å². The van der Waals surface area contributed by atoms with Crippen molar-refractivity contribution in [2.45, 2.75) is 68.1 Å². The molecule has 5 rings (SSSR count). The van der Waals surface area contributed by atoms with E-state index >= 15 is 0 Å². The van der Waals surface area contributed by atoms with Crippen LogP contribution in [-0.2, 0) is 14.2 Å². The van der Waals surface area contributed by atoms with Crippen molar-refractivity contribution in [3.05, 3.63) is 52.2 Å². The molecule has 3 aromatic rings. The van der Waals surface area contributed by atoms with Gasteiger partial charge >= 0.3 is 0 Å². The zero-order valence-electron chi connectivity index (χ0n) is 21.5. The van der Waals surface area contributed by atoms with Gasteiger partial charge in [0.05, 0.1) is 18.3 Å². The Morgan fingerprint density at radius 1 is 0.780 bits per heavy atom. The lowest BCUT2D eigenvalue weighted by Gasteiger charge is -2.42. The summed E-state index contributed by atoms with van der Waals surface area (Å²) < 4.78 is 22.6. The van der Waals surface area contributed by atoms with Gasteiger partial charge in [-0.1, -0.05) is 0 Å². The predicted molar refractivity (Wildman–Crippen MR) is 137 cm³/mol. The Hall–Kier alpha value is -3.31. The molecule has 0 spiro atoms. The van der Waals surface area contributed by atoms with Crippen LogP contribution in [0.5, 0.6) is 17.2 Å². The summed E-state index contributed by atoms with van der Waals surface area (Å²) in [5, 5.41) is 92.7. The third-order valence-corrected chi connectivity index (χ3v) is 7.38. The van der Waals surface area contributed by atoms with E-state index in [4.69, 9.17) is 18.6 Å². The van der Waals surface area contributed by atoms with E-state index in [0.29, 0.717) is 5.56 Å². The van der Waals surface area contributed by atoms with Crippen molar-refractivity contribution >= 4 is 11.0 Å². The molecular formula is C27H30O14. The molecule has 9 N–H and O–H groups in total. The molecule has 2 saturated heterocycles. The van der Waals surface area contributed by atoms with Crippen molar-refractivity contribution in [3.63, 3.8) is 0 Å². The maximum absolute atomic E-state index is 13.0. The summed E-state index contributed by atoms with van der Waals surface area (Å²) in [5.41, 5.74) is -1.05. The highest BCUT2D eigenvalue weighted by molar-refractivity contribution is 5.89. The number of benzene rings is 2. The summed E-state index contributed by atoms with van der Waals surface area (Å²) in [5.74, 6) is -1.35. The second-order valence-corrected chi connectivity index (χ2v) is 10.1. The van der Waals surface area contributed by atoms with Gasteiger partial charge < -0.3 is 64.6 Å². The highest BCUT2D eigenvalue weighted by atomic mass is 16.7. The maximum atomic E-state index is 13.0. The molecule has 2 aliphatic rings. The van der Waals surface area contributed by atoms with Crippen LogP contribution in [0.4, 0.5) is 0 Å². The molecule has 2 fully saturated rings. The van der Waals surface area contributed by atoms with Crippen molar-refractivity contribution in [3.8, 4) is 28.6 Å². The van der Waals surface area contributed by atoms with Gasteiger partial charge in [0, 0.05) is 17.7 Å². The van der Waals surface area contributed by atoms with E-state index in [-0.39, 0.29) is 28.0 Å². The summed E-state index contributed by atoms with van der Waals surface area (Å²) >= 11 is 0. The van der Waals surface area contributed by atoms with Gasteiger partial charge in [0.2, 0.25) is 0 Å². The molecule has 2 aromatic carbocycles. The minimum Gasteiger partial charge on any atom is -0.508 e. The third-order valence-electron chi connectivity index (χ3n) is 7.38. The maximum Gasteiger partial charge on any atom is 0.197 e. The van der Waals surface area contributed by atoms with Crippen LogP contribution in [0.15, 0.2) is 45.6 Å². The van der Waals surface area contributed by atoms with Gasteiger partial charge in [-0.2, -0.15) is 0 Å². The molecule has 0 bridgehead atoms. The Kier molecular flexibility index (Phi) is 7.95. The first-order chi connectivity index (χ1) is 19.4. The fourth-order valence-electron chi connectivity index (χ4n) is 5.03. The van der Waals surface area contributed by atoms with Crippen molar-refractivity contribution in [2.24, 2.45) is 0 Å². The quantitative estimate of drug-likeness (QED) is 0.175. The number of phenols is 3. The monoisotopic (exact) mass is 578 g/mol. The molecule has 3 heterocycles. The predicted octanol–water partition coefficient (Wildman–Crippen LogP) is -1.06. The minimum atomic E-state index is -1.86. The van der Waals surface area contributed by atoms with E-state index < -0.39 is 84.8 Å². The fourth-order valence-corrected chi connectivity index (χ4v) is 5.03. The van der Waals surface area contributed by atoms with Gasteiger partial charge in [-0.25, -0.2) is 0 Å². The minimum absolute atomic E-state index is 0.0159. The number of rotatable bonds is 5. The number of aliphatic hydroxyl groups excluding tert-OH is 6. The number of aliphatic hydroxyl groups is 6. The van der Waals surface area contributed by atoms with E-state index in [0.717, 1.165) is 12.1 Å². The average molecular weight is 579 g/mol. The number of hydrogen-bond donors (Lipinski definition) is 9. The van der Waals surface area contributed by atoms with Crippen molar-refractivity contribution in [2.75, 3.05) is 6.61 Å². The van der Waals surface area contributed by atoms with Crippen molar-refractivity contribution in [1.29, 1.82) is 0 Å². The van der Waals surface area contributed by atoms with Crippen LogP contribution in [0.3, 0.4) is 0 Å². The molecule has 0 aliphatic carbocycles. The standard InChI is InChI=1S/C27H30O14/c1-9-19(32)21(34)24(37)27(39-9)38-8-16-20(33)22(35)23(36)26(41-16)18-13(30)6-12(29)17-14(31)7-15(40-25(17)18)10-2-4-11(28)5-3-10/h2-7,9,16,19-24,26-30,32-37H,8H2,1H3/t9-,16-,19-,20+,21-,22-,23+,24-,26-,27+/m0/s1. The van der Waals surface area contributed by atoms with Crippen LogP contribution >= 0.6 is 0 Å². The normalized spacial score (nSPS) is 34.1. The van der Waals surface area contributed by atoms with Crippen LogP contribution < -0.4 is 5.43 Å². The first-order valence-electron chi connectivity index (χ1n) is 12.7. The third kappa shape index (κ3) is 5.25. The largest absolute Gasteiger partial charge is 0.508 e. The molecule has 41 heavy (non-hydrogen) atoms. The van der Waals surface area contributed by atoms with Crippen LogP contribution in [0, 0.1) is 0 Å². The number of fused-ring (bicyclic) bond motifs is 1. The van der Waals surface area contributed by atoms with Crippen LogP contribution in [-0.4, -0.2) is 108 Å². The highest BCUT2D eigenvalue weighted by Crippen LogP contribution is 2.44. The molecule has 0 unspecified atom stereocenters. The summed E-state index contributed by atoms with van der Waals surface area (Å²) in [6, 6.07) is 7.55. The second-order valence-electron chi connectivity index (χ2n) is 10.1. The van der Waals surface area contributed by atoms with Crippen LogP contribution in [0.2, 0.25) is 0 Å². The SMILES string of the molecule is C[C@@H]1O[C@@H](OC[C@@H]2O[C@@H](c3c(O)cc(O)c4c(=O)cc(-c5ccc(O)cc5)oc34)[C@H](O)[C@@H](O)[C@@H]2O)[C@@H](O)[C@@H](O)[C@H]1O. The molecule has 14 heteroatoms. The lowest BCUT2D eigenvalue weighted by atomic mass is 9.89. The molecular weight excluding hydrogens is 548 g/mol. The zero-order chi connectivity index (χ0) is 29.7. The van der Waals surface area contributed by atoms with Gasteiger partial charge in [-0.05, 0) is 31.2 Å². The first kappa shape index (κ1) is 29.2. The Morgan fingerprint density at radius 2 is 1.44 bits per heavy atom. The van der Waals surface area contributed by atoms with Crippen LogP contribution in [0.25, 0.3) is 22.3 Å². The number of hydrogen-bond acceptors (Lipinski definition) is 14. The summed E-state index contributed by atoms with van der Waals surface area (Å²) in [6.07, 6.45) is -15.5. The van der Waals surface area contributed by atoms with E-state index in [2.05, 4.69) is 0 Å². The Labute approximate surface area is 231 Å². The molecule has 1 aromatic heterocycles. The van der Waals surface area contributed by atoms with E-state index in [1.165, 1.54) is 31.2 Å². The van der Waals surface area contributed by atoms with Crippen molar-refractivity contribution in [1.82, 2.24) is 0 Å². The highest BCUT2D eigenvalue weighted by Gasteiger charge is 2.48. The average Bonchev–Trinajstić information content (AvgIpc) is 2.93. The molecule has 222 valence electrons. The van der Waals surface area contributed by atoms with Gasteiger partial charge in [-0.3, -0.25) is 4.79 Å². The molecule has 14 nitrogen and oxygen atoms in total. The zero-order valence-corrected chi connectivity index (χ0v) is 21.5. The van der Waals surface area contributed by atoms with Gasteiger partial charge in [-0.15, -0.1) is 0 Å². The summed E-state index contributed by atoms with van der Waals surface area (Å²) in [4.78, 5) is 13.0. The van der Waals surface area contributed by atoms with Gasteiger partial charge in [0.1, 0.15) is 77.2 Å². The molecule has 0 radical (unpaired) electrons. The summed E-state index contributed by atoms with van der Waals surface area (Å²) in [7, 11) is 0. The Balaban J connectivity index is 1.51. The number of phenolic OH excluding ortho intramolecular Hbond substituents is 3. The van der Waals surface area contributed by atoms with Crippen LogP contribution in [0.1, 0.15) is 18.6 Å². The fraction of sp³-hybridized carbons (Fsp3) is 0.444. The van der Waals surface area contributed by atoms with E-state index in [1.807, 2.05) is 0 Å². The second kappa shape index (κ2) is 11.2.